The molecule has 11 aromatic rings. The Bertz CT molecular complexity index is 3460. The number of rotatable bonds is 9. The molecule has 0 aliphatic carbocycles. The molecular formula is C62H49N5. The van der Waals surface area contributed by atoms with Crippen molar-refractivity contribution in [3.8, 4) is 56.4 Å². The molecule has 0 amide bonds. The highest BCUT2D eigenvalue weighted by atomic mass is 15.1. The largest absolute Gasteiger partial charge is 0.308 e. The van der Waals surface area contributed by atoms with E-state index in [2.05, 4.69) is 213 Å². The lowest BCUT2D eigenvalue weighted by molar-refractivity contribution is 1.03. The number of benzene rings is 8. The molecule has 5 nitrogen and oxygen atoms in total. The van der Waals surface area contributed by atoms with Gasteiger partial charge in [-0.2, -0.15) is 0 Å². The van der Waals surface area contributed by atoms with Gasteiger partial charge in [0.1, 0.15) is 0 Å². The summed E-state index contributed by atoms with van der Waals surface area (Å²) in [6, 6.07) is 61.3. The number of aromatic nitrogens is 5. The Morgan fingerprint density at radius 3 is 1.16 bits per heavy atom. The number of hydrogen-bond donors (Lipinski definition) is 0. The second kappa shape index (κ2) is 16.9. The number of para-hydroxylation sites is 2. The smallest absolute Gasteiger partial charge is 0.166 e. The second-order valence-electron chi connectivity index (χ2n) is 17.6. The standard InChI is InChI=1S/C62H49N5/c1-7-17-45(18-8-2)60-63-61(48-25-15-23-46(43-19-11-9-12-20-43)58(48)66-54-31-27-39(3)35-50(54)51-36-40(4)28-32-55(51)66)65-62(64-60)49-26-16-24-47(44-21-13-10-14-22-44)59(49)67-56-33-29-41(5)37-52(56)53-38-42(6)30-34-57(53)67/h7-38H,1H2,2-6H3/b18-8-,45-17+. The highest BCUT2D eigenvalue weighted by molar-refractivity contribution is 6.12. The van der Waals surface area contributed by atoms with Crippen LogP contribution in [-0.4, -0.2) is 24.1 Å². The average molecular weight is 864 g/mol. The van der Waals surface area contributed by atoms with E-state index in [0.29, 0.717) is 17.5 Å². The summed E-state index contributed by atoms with van der Waals surface area (Å²) in [5.74, 6) is 1.67. The van der Waals surface area contributed by atoms with Crippen LogP contribution in [0.25, 0.3) is 106 Å². The zero-order chi connectivity index (χ0) is 45.8. The maximum absolute atomic E-state index is 5.64. The normalized spacial score (nSPS) is 12.0. The number of allylic oxidation sites excluding steroid dienone is 5. The maximum atomic E-state index is 5.64. The molecule has 322 valence electrons. The van der Waals surface area contributed by atoms with Gasteiger partial charge in [-0.05, 0) is 106 Å². The summed E-state index contributed by atoms with van der Waals surface area (Å²) in [4.78, 5) is 16.5. The summed E-state index contributed by atoms with van der Waals surface area (Å²) in [5, 5.41) is 4.81. The van der Waals surface area contributed by atoms with E-state index >= 15 is 0 Å². The Balaban J connectivity index is 1.28. The summed E-state index contributed by atoms with van der Waals surface area (Å²) in [7, 11) is 0. The van der Waals surface area contributed by atoms with Gasteiger partial charge in [-0.25, -0.2) is 15.0 Å². The van der Waals surface area contributed by atoms with E-state index < -0.39 is 0 Å². The van der Waals surface area contributed by atoms with Crippen LogP contribution < -0.4 is 0 Å². The lowest BCUT2D eigenvalue weighted by Gasteiger charge is -2.20. The quantitative estimate of drug-likeness (QED) is 0.136. The summed E-state index contributed by atoms with van der Waals surface area (Å²) in [5.41, 5.74) is 18.2. The molecule has 0 fully saturated rings. The Labute approximate surface area is 391 Å². The lowest BCUT2D eigenvalue weighted by atomic mass is 9.98. The van der Waals surface area contributed by atoms with Crippen molar-refractivity contribution < 1.29 is 0 Å². The van der Waals surface area contributed by atoms with E-state index in [9.17, 15) is 0 Å². The van der Waals surface area contributed by atoms with Crippen LogP contribution in [0.2, 0.25) is 0 Å². The van der Waals surface area contributed by atoms with E-state index in [1.807, 2.05) is 25.2 Å². The Morgan fingerprint density at radius 2 is 0.806 bits per heavy atom. The lowest BCUT2D eigenvalue weighted by Crippen LogP contribution is -2.08. The molecule has 0 radical (unpaired) electrons. The molecule has 0 saturated carbocycles. The van der Waals surface area contributed by atoms with Gasteiger partial charge < -0.3 is 9.13 Å². The number of hydrogen-bond acceptors (Lipinski definition) is 3. The number of fused-ring (bicyclic) bond motifs is 6. The van der Waals surface area contributed by atoms with Crippen molar-refractivity contribution in [3.05, 3.63) is 229 Å². The van der Waals surface area contributed by atoms with Gasteiger partial charge in [0.2, 0.25) is 0 Å². The molecule has 3 aromatic heterocycles. The van der Waals surface area contributed by atoms with Gasteiger partial charge in [0.25, 0.3) is 0 Å². The first kappa shape index (κ1) is 41.3. The predicted molar refractivity (Wildman–Crippen MR) is 282 cm³/mol. The predicted octanol–water partition coefficient (Wildman–Crippen LogP) is 16.1. The molecule has 8 aromatic carbocycles. The Morgan fingerprint density at radius 1 is 0.433 bits per heavy atom. The van der Waals surface area contributed by atoms with Crippen molar-refractivity contribution in [2.45, 2.75) is 34.6 Å². The van der Waals surface area contributed by atoms with Gasteiger partial charge in [0.15, 0.2) is 17.5 Å². The van der Waals surface area contributed by atoms with Crippen molar-refractivity contribution in [2.24, 2.45) is 0 Å². The van der Waals surface area contributed by atoms with Crippen LogP contribution >= 0.6 is 0 Å². The van der Waals surface area contributed by atoms with Gasteiger partial charge in [-0.3, -0.25) is 0 Å². The topological polar surface area (TPSA) is 48.5 Å². The fraction of sp³-hybridized carbons (Fsp3) is 0.0806. The number of nitrogens with zero attached hydrogens (tertiary/aromatic N) is 5. The molecule has 0 saturated heterocycles. The third kappa shape index (κ3) is 7.17. The first-order valence-electron chi connectivity index (χ1n) is 22.9. The summed E-state index contributed by atoms with van der Waals surface area (Å²) in [6.45, 7) is 14.8. The van der Waals surface area contributed by atoms with Crippen LogP contribution in [0.3, 0.4) is 0 Å². The van der Waals surface area contributed by atoms with Crippen molar-refractivity contribution in [3.63, 3.8) is 0 Å². The first-order valence-corrected chi connectivity index (χ1v) is 22.9. The van der Waals surface area contributed by atoms with Gasteiger partial charge in [0, 0.05) is 49.4 Å². The molecule has 0 spiro atoms. The fourth-order valence-corrected chi connectivity index (χ4v) is 9.87. The molecule has 0 bridgehead atoms. The van der Waals surface area contributed by atoms with E-state index in [4.69, 9.17) is 15.0 Å². The average Bonchev–Trinajstić information content (AvgIpc) is 3.84. The number of aryl methyl sites for hydroxylation is 4. The molecule has 0 N–H and O–H groups in total. The van der Waals surface area contributed by atoms with Gasteiger partial charge in [0.05, 0.1) is 33.4 Å². The summed E-state index contributed by atoms with van der Waals surface area (Å²) >= 11 is 0. The molecule has 3 heterocycles. The summed E-state index contributed by atoms with van der Waals surface area (Å²) in [6.07, 6.45) is 7.83. The second-order valence-corrected chi connectivity index (χ2v) is 17.6. The van der Waals surface area contributed by atoms with Crippen molar-refractivity contribution in [1.29, 1.82) is 0 Å². The zero-order valence-corrected chi connectivity index (χ0v) is 38.4. The molecule has 0 unspecified atom stereocenters. The van der Waals surface area contributed by atoms with E-state index in [0.717, 1.165) is 72.4 Å². The van der Waals surface area contributed by atoms with E-state index in [-0.39, 0.29) is 0 Å². The fourth-order valence-electron chi connectivity index (χ4n) is 9.87. The minimum atomic E-state index is 0.548. The van der Waals surface area contributed by atoms with E-state index in [1.54, 1.807) is 6.08 Å². The molecule has 0 aliphatic rings. The first-order chi connectivity index (χ1) is 32.8. The highest BCUT2D eigenvalue weighted by Crippen LogP contribution is 2.44. The minimum Gasteiger partial charge on any atom is -0.308 e. The third-order valence-electron chi connectivity index (χ3n) is 12.9. The van der Waals surface area contributed by atoms with E-state index in [1.165, 1.54) is 43.8 Å². The van der Waals surface area contributed by atoms with Crippen LogP contribution in [0.4, 0.5) is 0 Å². The SMILES string of the molecule is C=C/C=C(\C=C/C)c1nc(-c2cccc(-c3ccccc3)c2-n2c3ccc(C)cc3c3cc(C)ccc32)nc(-c2cccc(-c3ccccc3)c2-n2c3ccc(C)cc3c3cc(C)ccc32)n1. The van der Waals surface area contributed by atoms with Gasteiger partial charge in [-0.1, -0.05) is 162 Å². The molecule has 0 aliphatic heterocycles. The monoisotopic (exact) mass is 863 g/mol. The van der Waals surface area contributed by atoms with Crippen LogP contribution in [-0.2, 0) is 0 Å². The Kier molecular flexibility index (Phi) is 10.4. The maximum Gasteiger partial charge on any atom is 0.166 e. The summed E-state index contributed by atoms with van der Waals surface area (Å²) < 4.78 is 4.83. The highest BCUT2D eigenvalue weighted by Gasteiger charge is 2.26. The van der Waals surface area contributed by atoms with Crippen LogP contribution in [0, 0.1) is 27.7 Å². The van der Waals surface area contributed by atoms with Crippen molar-refractivity contribution in [1.82, 2.24) is 24.1 Å². The van der Waals surface area contributed by atoms with Crippen molar-refractivity contribution in [2.75, 3.05) is 0 Å². The Hall–Kier alpha value is -8.41. The van der Waals surface area contributed by atoms with Gasteiger partial charge in [-0.15, -0.1) is 0 Å². The molecule has 5 heteroatoms. The van der Waals surface area contributed by atoms with Crippen molar-refractivity contribution >= 4 is 49.2 Å². The molecule has 67 heavy (non-hydrogen) atoms. The van der Waals surface area contributed by atoms with Crippen LogP contribution in [0.1, 0.15) is 35.0 Å². The van der Waals surface area contributed by atoms with Gasteiger partial charge >= 0.3 is 0 Å². The minimum absolute atomic E-state index is 0.548. The zero-order valence-electron chi connectivity index (χ0n) is 38.4. The third-order valence-corrected chi connectivity index (χ3v) is 12.9. The van der Waals surface area contributed by atoms with Crippen LogP contribution in [0.15, 0.2) is 201 Å². The molecular weight excluding hydrogens is 815 g/mol. The van der Waals surface area contributed by atoms with Crippen LogP contribution in [0.5, 0.6) is 0 Å². The molecule has 11 rings (SSSR count). The molecule has 0 atom stereocenters.